The summed E-state index contributed by atoms with van der Waals surface area (Å²) >= 11 is 0. The summed E-state index contributed by atoms with van der Waals surface area (Å²) in [6, 6.07) is 12.0. The van der Waals surface area contributed by atoms with Crippen molar-refractivity contribution in [1.29, 1.82) is 0 Å². The van der Waals surface area contributed by atoms with Crippen LogP contribution < -0.4 is 10.2 Å². The van der Waals surface area contributed by atoms with Crippen molar-refractivity contribution in [3.05, 3.63) is 48.4 Å². The Bertz CT molecular complexity index is 687. The number of carbonyl (C=O) groups excluding carboxylic acids is 1. The van der Waals surface area contributed by atoms with Gasteiger partial charge in [0.05, 0.1) is 6.61 Å². The molecule has 1 aliphatic heterocycles. The Labute approximate surface area is 147 Å². The van der Waals surface area contributed by atoms with Gasteiger partial charge in [-0.3, -0.25) is 4.79 Å². The number of nitrogens with zero attached hydrogens (tertiary/aromatic N) is 4. The standard InChI is InChI=1S/C18H23N5O2/c1-25-12-7-19-17-13-16(20-14-21-17)18(24)23-10-8-22(9-11-23)15-5-3-2-4-6-15/h2-6,13-14H,7-12H2,1H3,(H,19,20,21). The number of aromatic nitrogens is 2. The van der Waals surface area contributed by atoms with Crippen LogP contribution in [0.3, 0.4) is 0 Å². The Balaban J connectivity index is 1.58. The molecule has 132 valence electrons. The van der Waals surface area contributed by atoms with Crippen molar-refractivity contribution in [3.63, 3.8) is 0 Å². The molecule has 1 amide bonds. The maximum Gasteiger partial charge on any atom is 0.272 e. The number of rotatable bonds is 6. The third-order valence-corrected chi connectivity index (χ3v) is 4.19. The Hall–Kier alpha value is -2.67. The summed E-state index contributed by atoms with van der Waals surface area (Å²) < 4.78 is 5.00. The van der Waals surface area contributed by atoms with E-state index in [1.807, 2.05) is 23.1 Å². The summed E-state index contributed by atoms with van der Waals surface area (Å²) in [7, 11) is 1.64. The van der Waals surface area contributed by atoms with Gasteiger partial charge >= 0.3 is 0 Å². The summed E-state index contributed by atoms with van der Waals surface area (Å²) in [5, 5.41) is 3.12. The van der Waals surface area contributed by atoms with Gasteiger partial charge in [-0.2, -0.15) is 0 Å². The molecule has 2 aromatic rings. The number of piperazine rings is 1. The van der Waals surface area contributed by atoms with E-state index in [4.69, 9.17) is 4.74 Å². The van der Waals surface area contributed by atoms with Crippen LogP contribution in [0.15, 0.2) is 42.7 Å². The molecule has 1 fully saturated rings. The number of benzene rings is 1. The highest BCUT2D eigenvalue weighted by atomic mass is 16.5. The van der Waals surface area contributed by atoms with Crippen LogP contribution in [-0.4, -0.2) is 67.2 Å². The lowest BCUT2D eigenvalue weighted by Gasteiger charge is -2.36. The molecular formula is C18H23N5O2. The molecular weight excluding hydrogens is 318 g/mol. The molecule has 1 aromatic carbocycles. The van der Waals surface area contributed by atoms with E-state index in [1.165, 1.54) is 12.0 Å². The summed E-state index contributed by atoms with van der Waals surface area (Å²) in [5.41, 5.74) is 1.62. The van der Waals surface area contributed by atoms with Gasteiger partial charge in [-0.1, -0.05) is 18.2 Å². The fourth-order valence-electron chi connectivity index (χ4n) is 2.82. The fraction of sp³-hybridized carbons (Fsp3) is 0.389. The predicted molar refractivity (Wildman–Crippen MR) is 97.0 cm³/mol. The topological polar surface area (TPSA) is 70.6 Å². The summed E-state index contributed by atoms with van der Waals surface area (Å²) in [5.74, 6) is 0.586. The van der Waals surface area contributed by atoms with Crippen LogP contribution in [-0.2, 0) is 4.74 Å². The number of nitrogens with one attached hydrogen (secondary N) is 1. The lowest BCUT2D eigenvalue weighted by Crippen LogP contribution is -2.49. The fourth-order valence-corrected chi connectivity index (χ4v) is 2.82. The minimum atomic E-state index is -0.0510. The average molecular weight is 341 g/mol. The van der Waals surface area contributed by atoms with Crippen LogP contribution >= 0.6 is 0 Å². The van der Waals surface area contributed by atoms with Gasteiger partial charge in [0, 0.05) is 51.6 Å². The number of amides is 1. The lowest BCUT2D eigenvalue weighted by atomic mass is 10.2. The van der Waals surface area contributed by atoms with Gasteiger partial charge in [0.2, 0.25) is 0 Å². The van der Waals surface area contributed by atoms with Crippen molar-refractivity contribution in [2.45, 2.75) is 0 Å². The quantitative estimate of drug-likeness (QED) is 0.803. The highest BCUT2D eigenvalue weighted by Gasteiger charge is 2.23. The molecule has 0 unspecified atom stereocenters. The van der Waals surface area contributed by atoms with Crippen LogP contribution in [0.25, 0.3) is 0 Å². The second kappa shape index (κ2) is 8.43. The number of ether oxygens (including phenoxy) is 1. The SMILES string of the molecule is COCCNc1cc(C(=O)N2CCN(c3ccccc3)CC2)ncn1. The van der Waals surface area contributed by atoms with Crippen molar-refractivity contribution in [2.24, 2.45) is 0 Å². The largest absolute Gasteiger partial charge is 0.383 e. The normalized spacial score (nSPS) is 14.4. The van der Waals surface area contributed by atoms with E-state index in [0.717, 1.165) is 13.1 Å². The average Bonchev–Trinajstić information content (AvgIpc) is 2.69. The molecule has 2 heterocycles. The Kier molecular flexibility index (Phi) is 5.79. The van der Waals surface area contributed by atoms with Gasteiger partial charge in [-0.25, -0.2) is 9.97 Å². The van der Waals surface area contributed by atoms with Crippen LogP contribution in [0.5, 0.6) is 0 Å². The molecule has 0 spiro atoms. The first-order valence-corrected chi connectivity index (χ1v) is 8.42. The van der Waals surface area contributed by atoms with Crippen molar-refractivity contribution >= 4 is 17.4 Å². The molecule has 1 saturated heterocycles. The van der Waals surface area contributed by atoms with E-state index in [0.29, 0.717) is 37.8 Å². The molecule has 7 nitrogen and oxygen atoms in total. The monoisotopic (exact) mass is 341 g/mol. The number of para-hydroxylation sites is 1. The van der Waals surface area contributed by atoms with Gasteiger partial charge in [-0.05, 0) is 12.1 Å². The van der Waals surface area contributed by atoms with Gasteiger partial charge in [0.15, 0.2) is 0 Å². The molecule has 7 heteroatoms. The third-order valence-electron chi connectivity index (χ3n) is 4.19. The van der Waals surface area contributed by atoms with Gasteiger partial charge < -0.3 is 19.9 Å². The van der Waals surface area contributed by atoms with Crippen molar-refractivity contribution in [1.82, 2.24) is 14.9 Å². The first-order valence-electron chi connectivity index (χ1n) is 8.42. The zero-order valence-corrected chi connectivity index (χ0v) is 14.4. The second-order valence-corrected chi connectivity index (χ2v) is 5.82. The van der Waals surface area contributed by atoms with Gasteiger partial charge in [0.25, 0.3) is 5.91 Å². The molecule has 1 N–H and O–H groups in total. The molecule has 25 heavy (non-hydrogen) atoms. The van der Waals surface area contributed by atoms with E-state index >= 15 is 0 Å². The minimum Gasteiger partial charge on any atom is -0.383 e. The van der Waals surface area contributed by atoms with Crippen LogP contribution in [0.4, 0.5) is 11.5 Å². The van der Waals surface area contributed by atoms with E-state index in [1.54, 1.807) is 13.2 Å². The molecule has 0 atom stereocenters. The first kappa shape index (κ1) is 17.2. The summed E-state index contributed by atoms with van der Waals surface area (Å²) in [4.78, 5) is 25.1. The number of carbonyl (C=O) groups is 1. The van der Waals surface area contributed by atoms with E-state index in [2.05, 4.69) is 32.3 Å². The van der Waals surface area contributed by atoms with Gasteiger partial charge in [-0.15, -0.1) is 0 Å². The van der Waals surface area contributed by atoms with E-state index < -0.39 is 0 Å². The number of hydrogen-bond acceptors (Lipinski definition) is 6. The smallest absolute Gasteiger partial charge is 0.272 e. The second-order valence-electron chi connectivity index (χ2n) is 5.82. The maximum atomic E-state index is 12.7. The van der Waals surface area contributed by atoms with E-state index in [9.17, 15) is 4.79 Å². The van der Waals surface area contributed by atoms with Crippen molar-refractivity contribution in [2.75, 3.05) is 56.7 Å². The molecule has 3 rings (SSSR count). The Morgan fingerprint density at radius 2 is 1.92 bits per heavy atom. The molecule has 0 aliphatic carbocycles. The third kappa shape index (κ3) is 4.45. The molecule has 1 aliphatic rings. The number of methoxy groups -OCH3 is 1. The number of anilines is 2. The van der Waals surface area contributed by atoms with Gasteiger partial charge in [0.1, 0.15) is 17.8 Å². The predicted octanol–water partition coefficient (Wildman–Crippen LogP) is 1.50. The Morgan fingerprint density at radius 1 is 1.16 bits per heavy atom. The first-order chi connectivity index (χ1) is 12.3. The lowest BCUT2D eigenvalue weighted by molar-refractivity contribution is 0.0740. The summed E-state index contributed by atoms with van der Waals surface area (Å²) in [6.07, 6.45) is 1.42. The summed E-state index contributed by atoms with van der Waals surface area (Å²) in [6.45, 7) is 4.22. The van der Waals surface area contributed by atoms with Crippen LogP contribution in [0.2, 0.25) is 0 Å². The van der Waals surface area contributed by atoms with Crippen LogP contribution in [0, 0.1) is 0 Å². The zero-order chi connectivity index (χ0) is 17.5. The zero-order valence-electron chi connectivity index (χ0n) is 14.4. The van der Waals surface area contributed by atoms with Crippen LogP contribution in [0.1, 0.15) is 10.5 Å². The highest BCUT2D eigenvalue weighted by Crippen LogP contribution is 2.16. The van der Waals surface area contributed by atoms with E-state index in [-0.39, 0.29) is 5.91 Å². The highest BCUT2D eigenvalue weighted by molar-refractivity contribution is 5.93. The molecule has 0 saturated carbocycles. The number of hydrogen-bond donors (Lipinski definition) is 1. The molecule has 0 radical (unpaired) electrons. The minimum absolute atomic E-state index is 0.0510. The Morgan fingerprint density at radius 3 is 2.64 bits per heavy atom. The molecule has 1 aromatic heterocycles. The van der Waals surface area contributed by atoms with Crippen molar-refractivity contribution < 1.29 is 9.53 Å². The molecule has 0 bridgehead atoms. The van der Waals surface area contributed by atoms with Crippen molar-refractivity contribution in [3.8, 4) is 0 Å². The maximum absolute atomic E-state index is 12.7.